The van der Waals surface area contributed by atoms with Crippen LogP contribution in [-0.4, -0.2) is 51.0 Å². The summed E-state index contributed by atoms with van der Waals surface area (Å²) in [6.07, 6.45) is 0.426. The average molecular weight is 446 g/mol. The van der Waals surface area contributed by atoms with Crippen LogP contribution in [0.3, 0.4) is 0 Å². The highest BCUT2D eigenvalue weighted by Gasteiger charge is 2.39. The maximum atomic E-state index is 12.9. The van der Waals surface area contributed by atoms with Gasteiger partial charge < -0.3 is 5.32 Å². The lowest BCUT2D eigenvalue weighted by molar-refractivity contribution is 0.0914. The second kappa shape index (κ2) is 7.66. The van der Waals surface area contributed by atoms with E-state index in [4.69, 9.17) is 0 Å². The molecule has 0 spiro atoms. The number of nitrogens with zero attached hydrogens (tertiary/aromatic N) is 4. The SMILES string of the molecule is Cc1cc(C)n2nc(SCc3ccccc3C(=O)NC3(C)CCS(=O)(=O)C3)nc2n1. The lowest BCUT2D eigenvalue weighted by Gasteiger charge is -2.24. The highest BCUT2D eigenvalue weighted by Crippen LogP contribution is 2.26. The van der Waals surface area contributed by atoms with E-state index in [2.05, 4.69) is 20.4 Å². The molecule has 1 aliphatic rings. The van der Waals surface area contributed by atoms with E-state index in [1.54, 1.807) is 23.6 Å². The van der Waals surface area contributed by atoms with Crippen molar-refractivity contribution < 1.29 is 13.2 Å². The Hall–Kier alpha value is -2.46. The van der Waals surface area contributed by atoms with E-state index in [9.17, 15) is 13.2 Å². The molecule has 4 rings (SSSR count). The lowest BCUT2D eigenvalue weighted by Crippen LogP contribution is -2.47. The van der Waals surface area contributed by atoms with Gasteiger partial charge in [0, 0.05) is 22.7 Å². The van der Waals surface area contributed by atoms with Crippen molar-refractivity contribution in [2.24, 2.45) is 0 Å². The number of carbonyl (C=O) groups excluding carboxylic acids is 1. The number of fused-ring (bicyclic) bond motifs is 1. The zero-order valence-corrected chi connectivity index (χ0v) is 18.7. The third-order valence-electron chi connectivity index (χ3n) is 5.14. The Kier molecular flexibility index (Phi) is 5.31. The predicted octanol–water partition coefficient (Wildman–Crippen LogP) is 2.34. The summed E-state index contributed by atoms with van der Waals surface area (Å²) in [5, 5.41) is 8.00. The molecule has 158 valence electrons. The number of benzene rings is 1. The molecule has 0 radical (unpaired) electrons. The van der Waals surface area contributed by atoms with Crippen LogP contribution >= 0.6 is 11.8 Å². The molecule has 3 heterocycles. The van der Waals surface area contributed by atoms with Crippen molar-refractivity contribution in [3.63, 3.8) is 0 Å². The average Bonchev–Trinajstić information content (AvgIpc) is 3.20. The Morgan fingerprint density at radius 2 is 2.03 bits per heavy atom. The van der Waals surface area contributed by atoms with E-state index in [-0.39, 0.29) is 17.4 Å². The molecular weight excluding hydrogens is 422 g/mol. The number of aromatic nitrogens is 4. The third-order valence-corrected chi connectivity index (χ3v) is 7.93. The molecule has 3 aromatic rings. The van der Waals surface area contributed by atoms with E-state index < -0.39 is 15.4 Å². The number of hydrogen-bond acceptors (Lipinski definition) is 7. The van der Waals surface area contributed by atoms with Crippen molar-refractivity contribution in [1.82, 2.24) is 24.9 Å². The van der Waals surface area contributed by atoms with E-state index >= 15 is 0 Å². The van der Waals surface area contributed by atoms with E-state index in [0.29, 0.717) is 28.7 Å². The first-order valence-corrected chi connectivity index (χ1v) is 12.4. The van der Waals surface area contributed by atoms with Crippen LogP contribution in [0.15, 0.2) is 35.5 Å². The van der Waals surface area contributed by atoms with Gasteiger partial charge in [-0.2, -0.15) is 4.98 Å². The molecule has 30 heavy (non-hydrogen) atoms. The summed E-state index contributed by atoms with van der Waals surface area (Å²) in [4.78, 5) is 21.8. The second-order valence-corrected chi connectivity index (χ2v) is 11.1. The summed E-state index contributed by atoms with van der Waals surface area (Å²) in [6, 6.07) is 9.26. The van der Waals surface area contributed by atoms with Crippen molar-refractivity contribution in [1.29, 1.82) is 0 Å². The molecule has 0 aliphatic carbocycles. The van der Waals surface area contributed by atoms with Gasteiger partial charge in [-0.1, -0.05) is 30.0 Å². The van der Waals surface area contributed by atoms with Crippen LogP contribution in [0, 0.1) is 13.8 Å². The van der Waals surface area contributed by atoms with Crippen LogP contribution in [0.4, 0.5) is 0 Å². The molecule has 1 fully saturated rings. The molecule has 1 saturated heterocycles. The number of carbonyl (C=O) groups is 1. The predicted molar refractivity (Wildman–Crippen MR) is 115 cm³/mol. The van der Waals surface area contributed by atoms with Gasteiger partial charge in [0.2, 0.25) is 5.16 Å². The summed E-state index contributed by atoms with van der Waals surface area (Å²) in [5.74, 6) is 0.874. The first-order chi connectivity index (χ1) is 14.1. The fourth-order valence-electron chi connectivity index (χ4n) is 3.67. The quantitative estimate of drug-likeness (QED) is 0.601. The molecule has 2 aromatic heterocycles. The van der Waals surface area contributed by atoms with Crippen molar-refractivity contribution >= 4 is 33.3 Å². The monoisotopic (exact) mass is 445 g/mol. The molecule has 0 bridgehead atoms. The van der Waals surface area contributed by atoms with Gasteiger partial charge in [-0.25, -0.2) is 17.9 Å². The smallest absolute Gasteiger partial charge is 0.253 e. The van der Waals surface area contributed by atoms with Gasteiger partial charge in [-0.05, 0) is 44.9 Å². The van der Waals surface area contributed by atoms with Gasteiger partial charge in [-0.3, -0.25) is 4.79 Å². The van der Waals surface area contributed by atoms with E-state index in [0.717, 1.165) is 17.0 Å². The molecule has 10 heteroatoms. The molecule has 1 aliphatic heterocycles. The van der Waals surface area contributed by atoms with Gasteiger partial charge in [0.15, 0.2) is 9.84 Å². The highest BCUT2D eigenvalue weighted by atomic mass is 32.2. The highest BCUT2D eigenvalue weighted by molar-refractivity contribution is 7.98. The van der Waals surface area contributed by atoms with Crippen molar-refractivity contribution in [2.75, 3.05) is 11.5 Å². The van der Waals surface area contributed by atoms with Gasteiger partial charge in [0.05, 0.1) is 17.0 Å². The molecule has 1 N–H and O–H groups in total. The van der Waals surface area contributed by atoms with E-state index in [1.165, 1.54) is 11.8 Å². The van der Waals surface area contributed by atoms with Crippen LogP contribution in [-0.2, 0) is 15.6 Å². The summed E-state index contributed by atoms with van der Waals surface area (Å²) < 4.78 is 25.4. The number of thioether (sulfide) groups is 1. The standard InChI is InChI=1S/C20H23N5O3S2/c1-13-10-14(2)25-18(21-13)22-19(24-25)29-11-15-6-4-5-7-16(15)17(26)23-20(3)8-9-30(27,28)12-20/h4-7,10H,8-9,11-12H2,1-3H3,(H,23,26). The number of hydrogen-bond donors (Lipinski definition) is 1. The van der Waals surface area contributed by atoms with Crippen LogP contribution in [0.2, 0.25) is 0 Å². The maximum Gasteiger partial charge on any atom is 0.253 e. The Morgan fingerprint density at radius 3 is 2.77 bits per heavy atom. The normalized spacial score (nSPS) is 20.5. The Morgan fingerprint density at radius 1 is 1.27 bits per heavy atom. The van der Waals surface area contributed by atoms with Crippen LogP contribution < -0.4 is 5.32 Å². The molecule has 1 aromatic carbocycles. The summed E-state index contributed by atoms with van der Waals surface area (Å²) >= 11 is 1.43. The zero-order valence-electron chi connectivity index (χ0n) is 17.0. The first-order valence-electron chi connectivity index (χ1n) is 9.59. The van der Waals surface area contributed by atoms with Crippen LogP contribution in [0.1, 0.15) is 40.7 Å². The second-order valence-electron chi connectivity index (χ2n) is 7.95. The maximum absolute atomic E-state index is 12.9. The number of aryl methyl sites for hydroxylation is 2. The van der Waals surface area contributed by atoms with Gasteiger partial charge in [0.1, 0.15) is 0 Å². The van der Waals surface area contributed by atoms with Crippen molar-refractivity contribution in [2.45, 2.75) is 43.6 Å². The first kappa shape index (κ1) is 20.8. The Bertz CT molecular complexity index is 1240. The lowest BCUT2D eigenvalue weighted by atomic mass is 10.0. The molecular formula is C20H23N5O3S2. The molecule has 1 amide bonds. The van der Waals surface area contributed by atoms with Crippen molar-refractivity contribution in [3.05, 3.63) is 52.8 Å². The number of rotatable bonds is 5. The summed E-state index contributed by atoms with van der Waals surface area (Å²) in [7, 11) is -3.10. The minimum absolute atomic E-state index is 0.0282. The fraction of sp³-hybridized carbons (Fsp3) is 0.400. The van der Waals surface area contributed by atoms with E-state index in [1.807, 2.05) is 32.0 Å². The van der Waals surface area contributed by atoms with Crippen LogP contribution in [0.5, 0.6) is 0 Å². The third kappa shape index (κ3) is 4.34. The molecule has 1 atom stereocenters. The van der Waals surface area contributed by atoms with Gasteiger partial charge >= 0.3 is 0 Å². The van der Waals surface area contributed by atoms with Crippen molar-refractivity contribution in [3.8, 4) is 0 Å². The fourth-order valence-corrected chi connectivity index (χ4v) is 6.58. The number of amides is 1. The molecule has 8 nitrogen and oxygen atoms in total. The Labute approximate surface area is 179 Å². The van der Waals surface area contributed by atoms with Gasteiger partial charge in [-0.15, -0.1) is 5.10 Å². The minimum Gasteiger partial charge on any atom is -0.346 e. The number of sulfone groups is 1. The summed E-state index contributed by atoms with van der Waals surface area (Å²) in [5.41, 5.74) is 2.47. The molecule has 0 saturated carbocycles. The topological polar surface area (TPSA) is 106 Å². The zero-order chi connectivity index (χ0) is 21.5. The Balaban J connectivity index is 1.51. The largest absolute Gasteiger partial charge is 0.346 e. The minimum atomic E-state index is -3.10. The summed E-state index contributed by atoms with van der Waals surface area (Å²) in [6.45, 7) is 5.65. The molecule has 1 unspecified atom stereocenters. The van der Waals surface area contributed by atoms with Gasteiger partial charge in [0.25, 0.3) is 11.7 Å². The van der Waals surface area contributed by atoms with Crippen LogP contribution in [0.25, 0.3) is 5.78 Å². The number of nitrogens with one attached hydrogen (secondary N) is 1.